The van der Waals surface area contributed by atoms with Gasteiger partial charge in [0.05, 0.1) is 17.5 Å². The maximum absolute atomic E-state index is 12.5. The van der Waals surface area contributed by atoms with E-state index in [-0.39, 0.29) is 41.9 Å². The Labute approximate surface area is 147 Å². The zero-order valence-corrected chi connectivity index (χ0v) is 15.1. The Hall–Kier alpha value is -2.22. The van der Waals surface area contributed by atoms with Gasteiger partial charge in [0.25, 0.3) is 5.91 Å². The summed E-state index contributed by atoms with van der Waals surface area (Å²) in [6.07, 6.45) is 0.783. The average molecular weight is 363 g/mol. The number of nitrogens with zero attached hydrogens (tertiary/aromatic N) is 2. The lowest BCUT2D eigenvalue weighted by molar-refractivity contribution is -0.133. The van der Waals surface area contributed by atoms with E-state index in [4.69, 9.17) is 0 Å². The topological polar surface area (TPSA) is 95.9 Å². The molecule has 0 aromatic heterocycles. The van der Waals surface area contributed by atoms with Gasteiger partial charge in [-0.25, -0.2) is 13.4 Å². The maximum Gasteiger partial charge on any atom is 0.271 e. The van der Waals surface area contributed by atoms with E-state index in [9.17, 15) is 18.0 Å². The van der Waals surface area contributed by atoms with Crippen molar-refractivity contribution in [1.82, 2.24) is 5.01 Å². The van der Waals surface area contributed by atoms with Crippen molar-refractivity contribution in [1.29, 1.82) is 0 Å². The molecule has 1 fully saturated rings. The molecule has 0 saturated carbocycles. The van der Waals surface area contributed by atoms with Crippen LogP contribution in [0.15, 0.2) is 23.3 Å². The van der Waals surface area contributed by atoms with Crippen LogP contribution in [0.4, 0.5) is 5.69 Å². The maximum atomic E-state index is 12.5. The summed E-state index contributed by atoms with van der Waals surface area (Å²) in [6, 6.07) is 5.15. The fourth-order valence-corrected chi connectivity index (χ4v) is 4.70. The molecule has 1 aromatic carbocycles. The Balaban J connectivity index is 1.76. The summed E-state index contributed by atoms with van der Waals surface area (Å²) in [5.41, 5.74) is 3.12. The van der Waals surface area contributed by atoms with E-state index in [2.05, 4.69) is 10.4 Å². The zero-order chi connectivity index (χ0) is 18.2. The third-order valence-electron chi connectivity index (χ3n) is 4.64. The molecule has 0 spiro atoms. The van der Waals surface area contributed by atoms with Gasteiger partial charge in [-0.2, -0.15) is 5.10 Å². The zero-order valence-electron chi connectivity index (χ0n) is 14.3. The molecule has 2 aliphatic heterocycles. The first-order valence-electron chi connectivity index (χ1n) is 8.24. The molecule has 0 aliphatic carbocycles. The normalized spacial score (nSPS) is 22.6. The van der Waals surface area contributed by atoms with E-state index in [1.165, 1.54) is 5.01 Å². The number of aryl methyl sites for hydroxylation is 2. The Bertz CT molecular complexity index is 861. The first-order valence-corrected chi connectivity index (χ1v) is 10.1. The smallest absolute Gasteiger partial charge is 0.271 e. The van der Waals surface area contributed by atoms with E-state index in [0.29, 0.717) is 12.1 Å². The Morgan fingerprint density at radius 2 is 2.00 bits per heavy atom. The van der Waals surface area contributed by atoms with Crippen molar-refractivity contribution >= 4 is 33.1 Å². The van der Waals surface area contributed by atoms with Gasteiger partial charge in [-0.3, -0.25) is 9.59 Å². The number of hydrogen-bond donors (Lipinski definition) is 1. The van der Waals surface area contributed by atoms with E-state index >= 15 is 0 Å². The van der Waals surface area contributed by atoms with Gasteiger partial charge in [0.1, 0.15) is 5.71 Å². The summed E-state index contributed by atoms with van der Waals surface area (Å²) < 4.78 is 23.3. The third-order valence-corrected chi connectivity index (χ3v) is 6.39. The molecule has 1 atom stereocenters. The molecule has 2 aliphatic rings. The minimum absolute atomic E-state index is 0.0567. The molecule has 25 heavy (non-hydrogen) atoms. The molecule has 3 rings (SSSR count). The van der Waals surface area contributed by atoms with Crippen LogP contribution in [-0.2, 0) is 19.4 Å². The van der Waals surface area contributed by atoms with Crippen molar-refractivity contribution in [2.45, 2.75) is 39.2 Å². The summed E-state index contributed by atoms with van der Waals surface area (Å²) >= 11 is 0. The van der Waals surface area contributed by atoms with Crippen LogP contribution in [0.25, 0.3) is 0 Å². The minimum atomic E-state index is -3.13. The van der Waals surface area contributed by atoms with Crippen LogP contribution in [-0.4, -0.2) is 48.5 Å². The first kappa shape index (κ1) is 17.6. The Kier molecular flexibility index (Phi) is 4.64. The number of amides is 2. The highest BCUT2D eigenvalue weighted by molar-refractivity contribution is 7.91. The lowest BCUT2D eigenvalue weighted by Gasteiger charge is -2.27. The summed E-state index contributed by atoms with van der Waals surface area (Å²) in [5, 5.41) is 8.16. The number of rotatable bonds is 3. The summed E-state index contributed by atoms with van der Waals surface area (Å²) in [6.45, 7) is 3.95. The van der Waals surface area contributed by atoms with Crippen molar-refractivity contribution in [2.75, 3.05) is 16.8 Å². The molecule has 1 N–H and O–H groups in total. The van der Waals surface area contributed by atoms with Gasteiger partial charge < -0.3 is 5.32 Å². The molecular weight excluding hydrogens is 342 g/mol. The third kappa shape index (κ3) is 3.89. The molecule has 0 bridgehead atoms. The summed E-state index contributed by atoms with van der Waals surface area (Å²) in [7, 11) is -3.13. The van der Waals surface area contributed by atoms with Gasteiger partial charge in [-0.15, -0.1) is 0 Å². The number of carbonyl (C=O) groups is 2. The lowest BCUT2D eigenvalue weighted by atomic mass is 10.1. The molecule has 0 radical (unpaired) electrons. The SMILES string of the molecule is Cc1ccc(NC(=O)C2=NN(C3CCS(=O)(=O)C3)C(=O)CC2)cc1C. The average Bonchev–Trinajstić information content (AvgIpc) is 2.91. The van der Waals surface area contributed by atoms with Crippen LogP contribution >= 0.6 is 0 Å². The second-order valence-electron chi connectivity index (χ2n) is 6.60. The van der Waals surface area contributed by atoms with Gasteiger partial charge >= 0.3 is 0 Å². The van der Waals surface area contributed by atoms with Gasteiger partial charge in [0, 0.05) is 18.5 Å². The van der Waals surface area contributed by atoms with Crippen LogP contribution in [0, 0.1) is 13.8 Å². The molecule has 1 unspecified atom stereocenters. The largest absolute Gasteiger partial charge is 0.321 e. The quantitative estimate of drug-likeness (QED) is 0.878. The van der Waals surface area contributed by atoms with E-state index in [1.807, 2.05) is 32.0 Å². The van der Waals surface area contributed by atoms with Crippen LogP contribution in [0.3, 0.4) is 0 Å². The van der Waals surface area contributed by atoms with Crippen LogP contribution in [0.1, 0.15) is 30.4 Å². The Morgan fingerprint density at radius 3 is 2.64 bits per heavy atom. The number of sulfone groups is 1. The highest BCUT2D eigenvalue weighted by Gasteiger charge is 2.37. The first-order chi connectivity index (χ1) is 11.7. The van der Waals surface area contributed by atoms with Crippen LogP contribution in [0.5, 0.6) is 0 Å². The molecule has 2 heterocycles. The number of hydrazone groups is 1. The van der Waals surface area contributed by atoms with E-state index in [1.54, 1.807) is 0 Å². The molecule has 2 amide bonds. The molecule has 1 aromatic rings. The minimum Gasteiger partial charge on any atom is -0.321 e. The second kappa shape index (κ2) is 6.59. The second-order valence-corrected chi connectivity index (χ2v) is 8.82. The van der Waals surface area contributed by atoms with Crippen molar-refractivity contribution < 1.29 is 18.0 Å². The summed E-state index contributed by atoms with van der Waals surface area (Å²) in [4.78, 5) is 24.6. The fraction of sp³-hybridized carbons (Fsp3) is 0.471. The highest BCUT2D eigenvalue weighted by atomic mass is 32.2. The molecule has 7 nitrogen and oxygen atoms in total. The molecule has 8 heteroatoms. The molecular formula is C17H21N3O4S. The number of benzene rings is 1. The number of carbonyl (C=O) groups excluding carboxylic acids is 2. The number of anilines is 1. The lowest BCUT2D eigenvalue weighted by Crippen LogP contribution is -2.42. The monoisotopic (exact) mass is 363 g/mol. The van der Waals surface area contributed by atoms with Crippen LogP contribution in [0.2, 0.25) is 0 Å². The predicted molar refractivity (Wildman–Crippen MR) is 95.1 cm³/mol. The molecule has 1 saturated heterocycles. The summed E-state index contributed by atoms with van der Waals surface area (Å²) in [5.74, 6) is -0.624. The van der Waals surface area contributed by atoms with Crippen LogP contribution < -0.4 is 5.32 Å². The standard InChI is InChI=1S/C17H21N3O4S/c1-11-3-4-13(9-12(11)2)18-17(22)15-5-6-16(21)20(19-15)14-7-8-25(23,24)10-14/h3-4,9,14H,5-8,10H2,1-2H3,(H,18,22). The van der Waals surface area contributed by atoms with Crippen molar-refractivity contribution in [3.8, 4) is 0 Å². The number of nitrogens with one attached hydrogen (secondary N) is 1. The van der Waals surface area contributed by atoms with E-state index < -0.39 is 15.9 Å². The van der Waals surface area contributed by atoms with Gasteiger partial charge in [-0.1, -0.05) is 6.07 Å². The predicted octanol–water partition coefficient (Wildman–Crippen LogP) is 1.41. The van der Waals surface area contributed by atoms with Crippen molar-refractivity contribution in [3.63, 3.8) is 0 Å². The van der Waals surface area contributed by atoms with Gasteiger partial charge in [-0.05, 0) is 43.5 Å². The highest BCUT2D eigenvalue weighted by Crippen LogP contribution is 2.22. The Morgan fingerprint density at radius 1 is 1.24 bits per heavy atom. The van der Waals surface area contributed by atoms with Gasteiger partial charge in [0.2, 0.25) is 5.91 Å². The van der Waals surface area contributed by atoms with E-state index in [0.717, 1.165) is 11.1 Å². The van der Waals surface area contributed by atoms with Crippen molar-refractivity contribution in [2.24, 2.45) is 5.10 Å². The van der Waals surface area contributed by atoms with Crippen molar-refractivity contribution in [3.05, 3.63) is 29.3 Å². The fourth-order valence-electron chi connectivity index (χ4n) is 3.01. The number of hydrogen-bond acceptors (Lipinski definition) is 5. The molecule has 134 valence electrons. The van der Waals surface area contributed by atoms with Gasteiger partial charge in [0.15, 0.2) is 9.84 Å².